The van der Waals surface area contributed by atoms with E-state index in [1.54, 1.807) is 7.11 Å². The van der Waals surface area contributed by atoms with Gasteiger partial charge in [0.05, 0.1) is 26.9 Å². The van der Waals surface area contributed by atoms with Crippen molar-refractivity contribution >= 4 is 0 Å². The highest BCUT2D eigenvalue weighted by atomic mass is 16.5. The van der Waals surface area contributed by atoms with E-state index in [0.29, 0.717) is 19.8 Å². The molecule has 5 nitrogen and oxygen atoms in total. The molecule has 0 amide bonds. The third-order valence-electron chi connectivity index (χ3n) is 2.73. The van der Waals surface area contributed by atoms with Crippen LogP contribution < -0.4 is 14.8 Å². The standard InChI is InChI=1S/C15H25NO4/c1-3-20-14-6-5-13(11-15(14)18-2)12-16-7-4-9-19-10-8-17/h5-6,11,16-17H,3-4,7-10,12H2,1-2H3. The lowest BCUT2D eigenvalue weighted by atomic mass is 10.2. The maximum absolute atomic E-state index is 8.56. The molecule has 2 N–H and O–H groups in total. The Kier molecular flexibility index (Phi) is 8.78. The van der Waals surface area contributed by atoms with Crippen molar-refractivity contribution in [1.82, 2.24) is 5.32 Å². The predicted octanol–water partition coefficient (Wildman–Crippen LogP) is 1.58. The summed E-state index contributed by atoms with van der Waals surface area (Å²) in [6.07, 6.45) is 0.925. The Morgan fingerprint density at radius 2 is 2.05 bits per heavy atom. The Labute approximate surface area is 120 Å². The molecule has 0 aliphatic heterocycles. The van der Waals surface area contributed by atoms with Crippen molar-refractivity contribution in [3.63, 3.8) is 0 Å². The van der Waals surface area contributed by atoms with Crippen LogP contribution in [0, 0.1) is 0 Å². The van der Waals surface area contributed by atoms with Crippen LogP contribution in [0.3, 0.4) is 0 Å². The van der Waals surface area contributed by atoms with E-state index >= 15 is 0 Å². The second-order valence-corrected chi connectivity index (χ2v) is 4.28. The summed E-state index contributed by atoms with van der Waals surface area (Å²) in [4.78, 5) is 0. The molecule has 0 bridgehead atoms. The van der Waals surface area contributed by atoms with Gasteiger partial charge in [-0.1, -0.05) is 6.07 Å². The van der Waals surface area contributed by atoms with Crippen LogP contribution in [-0.4, -0.2) is 45.2 Å². The maximum atomic E-state index is 8.56. The Bertz CT molecular complexity index is 371. The number of benzene rings is 1. The van der Waals surface area contributed by atoms with Crippen LogP contribution in [-0.2, 0) is 11.3 Å². The minimum Gasteiger partial charge on any atom is -0.493 e. The van der Waals surface area contributed by atoms with Gasteiger partial charge in [0.2, 0.25) is 0 Å². The summed E-state index contributed by atoms with van der Waals surface area (Å²) in [5.74, 6) is 1.54. The summed E-state index contributed by atoms with van der Waals surface area (Å²) >= 11 is 0. The smallest absolute Gasteiger partial charge is 0.161 e. The van der Waals surface area contributed by atoms with E-state index in [2.05, 4.69) is 5.32 Å². The Morgan fingerprint density at radius 1 is 1.20 bits per heavy atom. The van der Waals surface area contributed by atoms with Gasteiger partial charge in [0, 0.05) is 13.2 Å². The lowest BCUT2D eigenvalue weighted by molar-refractivity contribution is 0.0907. The molecule has 0 fully saturated rings. The molecule has 1 aromatic carbocycles. The average Bonchev–Trinajstić information content (AvgIpc) is 2.48. The summed E-state index contributed by atoms with van der Waals surface area (Å²) in [5, 5.41) is 11.9. The molecule has 0 heterocycles. The van der Waals surface area contributed by atoms with Crippen molar-refractivity contribution in [3.8, 4) is 11.5 Å². The molecule has 0 radical (unpaired) electrons. The summed E-state index contributed by atoms with van der Waals surface area (Å²) in [6, 6.07) is 5.95. The van der Waals surface area contributed by atoms with Gasteiger partial charge in [0.25, 0.3) is 0 Å². The fraction of sp³-hybridized carbons (Fsp3) is 0.600. The lowest BCUT2D eigenvalue weighted by Gasteiger charge is -2.11. The molecule has 1 aromatic rings. The second kappa shape index (κ2) is 10.5. The molecule has 20 heavy (non-hydrogen) atoms. The predicted molar refractivity (Wildman–Crippen MR) is 78.4 cm³/mol. The average molecular weight is 283 g/mol. The number of hydrogen-bond acceptors (Lipinski definition) is 5. The Balaban J connectivity index is 2.29. The van der Waals surface area contributed by atoms with E-state index in [-0.39, 0.29) is 6.61 Å². The molecule has 0 saturated carbocycles. The van der Waals surface area contributed by atoms with E-state index in [9.17, 15) is 0 Å². The number of nitrogens with one attached hydrogen (secondary N) is 1. The van der Waals surface area contributed by atoms with Crippen molar-refractivity contribution in [1.29, 1.82) is 0 Å². The van der Waals surface area contributed by atoms with Crippen LogP contribution in [0.15, 0.2) is 18.2 Å². The fourth-order valence-corrected chi connectivity index (χ4v) is 1.80. The zero-order valence-corrected chi connectivity index (χ0v) is 12.4. The lowest BCUT2D eigenvalue weighted by Crippen LogP contribution is -2.16. The van der Waals surface area contributed by atoms with Crippen molar-refractivity contribution < 1.29 is 19.3 Å². The highest BCUT2D eigenvalue weighted by molar-refractivity contribution is 5.42. The number of hydrogen-bond donors (Lipinski definition) is 2. The molecule has 5 heteroatoms. The van der Waals surface area contributed by atoms with Gasteiger partial charge in [-0.05, 0) is 37.6 Å². The van der Waals surface area contributed by atoms with E-state index in [0.717, 1.165) is 36.6 Å². The van der Waals surface area contributed by atoms with Gasteiger partial charge < -0.3 is 24.6 Å². The minimum absolute atomic E-state index is 0.0827. The Morgan fingerprint density at radius 3 is 2.75 bits per heavy atom. The largest absolute Gasteiger partial charge is 0.493 e. The number of methoxy groups -OCH3 is 1. The second-order valence-electron chi connectivity index (χ2n) is 4.28. The number of rotatable bonds is 11. The number of aliphatic hydroxyl groups is 1. The van der Waals surface area contributed by atoms with Gasteiger partial charge in [-0.3, -0.25) is 0 Å². The van der Waals surface area contributed by atoms with Crippen molar-refractivity contribution in [2.24, 2.45) is 0 Å². The topological polar surface area (TPSA) is 60.0 Å². The normalized spacial score (nSPS) is 10.6. The van der Waals surface area contributed by atoms with Crippen LogP contribution in [0.5, 0.6) is 11.5 Å². The molecule has 0 aliphatic rings. The first-order chi connectivity index (χ1) is 9.81. The third kappa shape index (κ3) is 6.23. The van der Waals surface area contributed by atoms with Crippen LogP contribution in [0.25, 0.3) is 0 Å². The van der Waals surface area contributed by atoms with Crippen LogP contribution in [0.2, 0.25) is 0 Å². The molecule has 0 atom stereocenters. The fourth-order valence-electron chi connectivity index (χ4n) is 1.80. The van der Waals surface area contributed by atoms with Gasteiger partial charge in [-0.15, -0.1) is 0 Å². The molecule has 0 spiro atoms. The van der Waals surface area contributed by atoms with Gasteiger partial charge >= 0.3 is 0 Å². The highest BCUT2D eigenvalue weighted by Gasteiger charge is 2.04. The first kappa shape index (κ1) is 16.8. The SMILES string of the molecule is CCOc1ccc(CNCCCOCCO)cc1OC. The Hall–Kier alpha value is -1.30. The van der Waals surface area contributed by atoms with Gasteiger partial charge in [0.15, 0.2) is 11.5 Å². The van der Waals surface area contributed by atoms with E-state index < -0.39 is 0 Å². The molecule has 0 unspecified atom stereocenters. The van der Waals surface area contributed by atoms with E-state index in [4.69, 9.17) is 19.3 Å². The molecular weight excluding hydrogens is 258 g/mol. The zero-order chi connectivity index (χ0) is 14.6. The summed E-state index contributed by atoms with van der Waals surface area (Å²) in [7, 11) is 1.65. The van der Waals surface area contributed by atoms with Gasteiger partial charge in [0.1, 0.15) is 0 Å². The number of aliphatic hydroxyl groups excluding tert-OH is 1. The minimum atomic E-state index is 0.0827. The summed E-state index contributed by atoms with van der Waals surface area (Å²) < 4.78 is 16.0. The van der Waals surface area contributed by atoms with Crippen LogP contribution in [0.4, 0.5) is 0 Å². The summed E-state index contributed by atoms with van der Waals surface area (Å²) in [6.45, 7) is 5.40. The summed E-state index contributed by atoms with van der Waals surface area (Å²) in [5.41, 5.74) is 1.15. The molecular formula is C15H25NO4. The van der Waals surface area contributed by atoms with E-state index in [1.807, 2.05) is 25.1 Å². The van der Waals surface area contributed by atoms with Crippen molar-refractivity contribution in [3.05, 3.63) is 23.8 Å². The van der Waals surface area contributed by atoms with Crippen molar-refractivity contribution in [2.45, 2.75) is 19.9 Å². The zero-order valence-electron chi connectivity index (χ0n) is 12.4. The monoisotopic (exact) mass is 283 g/mol. The first-order valence-electron chi connectivity index (χ1n) is 7.00. The molecule has 114 valence electrons. The van der Waals surface area contributed by atoms with Crippen LogP contribution in [0.1, 0.15) is 18.9 Å². The van der Waals surface area contributed by atoms with Gasteiger partial charge in [-0.2, -0.15) is 0 Å². The maximum Gasteiger partial charge on any atom is 0.161 e. The van der Waals surface area contributed by atoms with Crippen LogP contribution >= 0.6 is 0 Å². The van der Waals surface area contributed by atoms with Crippen molar-refractivity contribution in [2.75, 3.05) is 40.1 Å². The van der Waals surface area contributed by atoms with E-state index in [1.165, 1.54) is 0 Å². The quantitative estimate of drug-likeness (QED) is 0.604. The first-order valence-corrected chi connectivity index (χ1v) is 7.00. The molecule has 0 aromatic heterocycles. The molecule has 1 rings (SSSR count). The molecule has 0 aliphatic carbocycles. The molecule has 0 saturated heterocycles. The van der Waals surface area contributed by atoms with Gasteiger partial charge in [-0.25, -0.2) is 0 Å². The number of ether oxygens (including phenoxy) is 3. The highest BCUT2D eigenvalue weighted by Crippen LogP contribution is 2.27. The third-order valence-corrected chi connectivity index (χ3v) is 2.73.